The number of rotatable bonds is 5. The topological polar surface area (TPSA) is 46.2 Å². The van der Waals surface area contributed by atoms with E-state index in [4.69, 9.17) is 0 Å². The van der Waals surface area contributed by atoms with Crippen molar-refractivity contribution in [2.24, 2.45) is 5.92 Å². The van der Waals surface area contributed by atoms with Crippen LogP contribution in [0.4, 0.5) is 5.69 Å². The molecule has 0 heterocycles. The van der Waals surface area contributed by atoms with Gasteiger partial charge in [-0.25, -0.2) is 8.42 Å². The summed E-state index contributed by atoms with van der Waals surface area (Å²) in [7, 11) is -3.12. The van der Waals surface area contributed by atoms with Crippen LogP contribution in [0.15, 0.2) is 23.1 Å². The predicted octanol–water partition coefficient (Wildman–Crippen LogP) is 2.86. The van der Waals surface area contributed by atoms with Crippen molar-refractivity contribution in [1.29, 1.82) is 0 Å². The molecule has 4 heteroatoms. The fraction of sp³-hybridized carbons (Fsp3) is 0.538. The summed E-state index contributed by atoms with van der Waals surface area (Å²) in [6.45, 7) is 7.18. The quantitative estimate of drug-likeness (QED) is 0.880. The first kappa shape index (κ1) is 14.0. The number of hydrogen-bond acceptors (Lipinski definition) is 3. The molecule has 0 saturated carbocycles. The fourth-order valence-corrected chi connectivity index (χ4v) is 2.16. The third kappa shape index (κ3) is 4.38. The normalized spacial score (nSPS) is 11.8. The van der Waals surface area contributed by atoms with Crippen LogP contribution in [0, 0.1) is 12.8 Å². The lowest BCUT2D eigenvalue weighted by atomic mass is 10.1. The van der Waals surface area contributed by atoms with Crippen molar-refractivity contribution in [3.8, 4) is 0 Å². The van der Waals surface area contributed by atoms with Gasteiger partial charge in [0.15, 0.2) is 9.84 Å². The standard InChI is InChI=1S/C13H21NO2S/c1-10(2)7-8-14-13-9-12(17(4,15)16)6-5-11(13)3/h5-6,9-10,14H,7-8H2,1-4H3. The molecule has 0 atom stereocenters. The van der Waals surface area contributed by atoms with E-state index in [-0.39, 0.29) is 0 Å². The van der Waals surface area contributed by atoms with Crippen molar-refractivity contribution in [3.63, 3.8) is 0 Å². The van der Waals surface area contributed by atoms with Gasteiger partial charge in [-0.2, -0.15) is 0 Å². The summed E-state index contributed by atoms with van der Waals surface area (Å²) in [6, 6.07) is 5.21. The Balaban J connectivity index is 2.84. The Labute approximate surface area is 104 Å². The molecule has 0 aliphatic rings. The maximum Gasteiger partial charge on any atom is 0.175 e. The molecule has 0 amide bonds. The van der Waals surface area contributed by atoms with Gasteiger partial charge in [0.1, 0.15) is 0 Å². The highest BCUT2D eigenvalue weighted by Gasteiger charge is 2.09. The maximum absolute atomic E-state index is 11.5. The average molecular weight is 255 g/mol. The number of aryl methyl sites for hydroxylation is 1. The Morgan fingerprint density at radius 2 is 1.94 bits per heavy atom. The lowest BCUT2D eigenvalue weighted by molar-refractivity contribution is 0.601. The molecule has 1 N–H and O–H groups in total. The Hall–Kier alpha value is -1.03. The van der Waals surface area contributed by atoms with Crippen molar-refractivity contribution < 1.29 is 8.42 Å². The number of anilines is 1. The van der Waals surface area contributed by atoms with Gasteiger partial charge < -0.3 is 5.32 Å². The summed E-state index contributed by atoms with van der Waals surface area (Å²) in [6.07, 6.45) is 2.30. The first-order valence-corrected chi connectivity index (χ1v) is 7.74. The lowest BCUT2D eigenvalue weighted by Gasteiger charge is -2.12. The fourth-order valence-electron chi connectivity index (χ4n) is 1.52. The molecule has 1 aromatic rings. The van der Waals surface area contributed by atoms with Crippen LogP contribution in [0.2, 0.25) is 0 Å². The summed E-state index contributed by atoms with van der Waals surface area (Å²) < 4.78 is 22.9. The molecule has 0 bridgehead atoms. The molecule has 0 unspecified atom stereocenters. The highest BCUT2D eigenvalue weighted by Crippen LogP contribution is 2.20. The molecular formula is C13H21NO2S. The smallest absolute Gasteiger partial charge is 0.175 e. The molecule has 0 aliphatic carbocycles. The molecule has 3 nitrogen and oxygen atoms in total. The van der Waals surface area contributed by atoms with Crippen molar-refractivity contribution in [3.05, 3.63) is 23.8 Å². The predicted molar refractivity (Wildman–Crippen MR) is 72.2 cm³/mol. The van der Waals surface area contributed by atoms with Gasteiger partial charge >= 0.3 is 0 Å². The van der Waals surface area contributed by atoms with E-state index < -0.39 is 9.84 Å². The molecule has 0 radical (unpaired) electrons. The van der Waals surface area contributed by atoms with Gasteiger partial charge in [-0.3, -0.25) is 0 Å². The lowest BCUT2D eigenvalue weighted by Crippen LogP contribution is -2.07. The second-order valence-corrected chi connectivity index (χ2v) is 6.87. The number of hydrogen-bond donors (Lipinski definition) is 1. The highest BCUT2D eigenvalue weighted by molar-refractivity contribution is 7.90. The monoisotopic (exact) mass is 255 g/mol. The Bertz CT molecular complexity index is 478. The van der Waals surface area contributed by atoms with E-state index in [9.17, 15) is 8.42 Å². The Morgan fingerprint density at radius 1 is 1.29 bits per heavy atom. The second kappa shape index (κ2) is 5.54. The molecule has 0 fully saturated rings. The average Bonchev–Trinajstić information content (AvgIpc) is 2.18. The van der Waals surface area contributed by atoms with E-state index in [1.807, 2.05) is 13.0 Å². The largest absolute Gasteiger partial charge is 0.385 e. The van der Waals surface area contributed by atoms with Crippen LogP contribution < -0.4 is 5.32 Å². The molecule has 0 aliphatic heterocycles. The van der Waals surface area contributed by atoms with E-state index >= 15 is 0 Å². The van der Waals surface area contributed by atoms with Crippen LogP contribution >= 0.6 is 0 Å². The molecule has 1 rings (SSSR count). The first-order chi connectivity index (χ1) is 7.80. The molecule has 17 heavy (non-hydrogen) atoms. The van der Waals surface area contributed by atoms with Gasteiger partial charge in [-0.1, -0.05) is 19.9 Å². The van der Waals surface area contributed by atoms with E-state index in [1.54, 1.807) is 12.1 Å². The van der Waals surface area contributed by atoms with Gasteiger partial charge in [0.25, 0.3) is 0 Å². The molecule has 0 aromatic heterocycles. The van der Waals surface area contributed by atoms with Crippen LogP contribution in [0.5, 0.6) is 0 Å². The molecule has 96 valence electrons. The van der Waals surface area contributed by atoms with E-state index in [0.29, 0.717) is 10.8 Å². The van der Waals surface area contributed by atoms with Gasteiger partial charge in [0, 0.05) is 18.5 Å². The third-order valence-corrected chi connectivity index (χ3v) is 3.78. The van der Waals surface area contributed by atoms with Gasteiger partial charge in [0.05, 0.1) is 4.90 Å². The van der Waals surface area contributed by atoms with Gasteiger partial charge in [-0.05, 0) is 37.0 Å². The zero-order valence-corrected chi connectivity index (χ0v) is 11.8. The Morgan fingerprint density at radius 3 is 2.47 bits per heavy atom. The zero-order chi connectivity index (χ0) is 13.1. The summed E-state index contributed by atoms with van der Waals surface area (Å²) in [5, 5.41) is 3.29. The summed E-state index contributed by atoms with van der Waals surface area (Å²) in [4.78, 5) is 0.371. The number of nitrogens with one attached hydrogen (secondary N) is 1. The second-order valence-electron chi connectivity index (χ2n) is 4.86. The minimum Gasteiger partial charge on any atom is -0.385 e. The molecule has 1 aromatic carbocycles. The third-order valence-electron chi connectivity index (χ3n) is 2.67. The van der Waals surface area contributed by atoms with Crippen molar-refractivity contribution in [1.82, 2.24) is 0 Å². The Kier molecular flexibility index (Phi) is 4.57. The summed E-state index contributed by atoms with van der Waals surface area (Å²) in [5.74, 6) is 0.640. The molecule has 0 spiro atoms. The summed E-state index contributed by atoms with van der Waals surface area (Å²) in [5.41, 5.74) is 1.98. The highest BCUT2D eigenvalue weighted by atomic mass is 32.2. The minimum atomic E-state index is -3.12. The van der Waals surface area contributed by atoms with Crippen molar-refractivity contribution >= 4 is 15.5 Å². The minimum absolute atomic E-state index is 0.371. The van der Waals surface area contributed by atoms with E-state index in [0.717, 1.165) is 24.2 Å². The SMILES string of the molecule is Cc1ccc(S(C)(=O)=O)cc1NCCC(C)C. The van der Waals surface area contributed by atoms with E-state index in [2.05, 4.69) is 19.2 Å². The van der Waals surface area contributed by atoms with Crippen LogP contribution in [-0.2, 0) is 9.84 Å². The molecular weight excluding hydrogens is 234 g/mol. The number of sulfone groups is 1. The van der Waals surface area contributed by atoms with Crippen LogP contribution in [-0.4, -0.2) is 21.2 Å². The first-order valence-electron chi connectivity index (χ1n) is 5.85. The molecule has 0 saturated heterocycles. The van der Waals surface area contributed by atoms with Crippen LogP contribution in [0.1, 0.15) is 25.8 Å². The summed E-state index contributed by atoms with van der Waals surface area (Å²) >= 11 is 0. The van der Waals surface area contributed by atoms with Crippen molar-refractivity contribution in [2.45, 2.75) is 32.1 Å². The van der Waals surface area contributed by atoms with E-state index in [1.165, 1.54) is 6.26 Å². The maximum atomic E-state index is 11.5. The zero-order valence-electron chi connectivity index (χ0n) is 10.9. The van der Waals surface area contributed by atoms with Crippen molar-refractivity contribution in [2.75, 3.05) is 18.1 Å². The number of benzene rings is 1. The van der Waals surface area contributed by atoms with Gasteiger partial charge in [-0.15, -0.1) is 0 Å². The van der Waals surface area contributed by atoms with Crippen LogP contribution in [0.3, 0.4) is 0 Å². The van der Waals surface area contributed by atoms with Crippen LogP contribution in [0.25, 0.3) is 0 Å². The van der Waals surface area contributed by atoms with Gasteiger partial charge in [0.2, 0.25) is 0 Å².